The van der Waals surface area contributed by atoms with Gasteiger partial charge >= 0.3 is 0 Å². The Labute approximate surface area is 159 Å². The summed E-state index contributed by atoms with van der Waals surface area (Å²) < 4.78 is 19.0. The van der Waals surface area contributed by atoms with Crippen molar-refractivity contribution in [1.82, 2.24) is 4.57 Å². The van der Waals surface area contributed by atoms with Crippen LogP contribution in [0.3, 0.4) is 0 Å². The number of ether oxygens (including phenoxy) is 3. The summed E-state index contributed by atoms with van der Waals surface area (Å²) in [4.78, 5) is 2.27. The predicted molar refractivity (Wildman–Crippen MR) is 106 cm³/mol. The summed E-state index contributed by atoms with van der Waals surface area (Å²) in [6, 6.07) is 18.3. The fourth-order valence-electron chi connectivity index (χ4n) is 3.40. The highest BCUT2D eigenvalue weighted by atomic mass is 16.5. The van der Waals surface area contributed by atoms with Crippen molar-refractivity contribution in [3.8, 4) is 17.2 Å². The Morgan fingerprint density at radius 2 is 1.89 bits per heavy atom. The van der Waals surface area contributed by atoms with Gasteiger partial charge in [-0.3, -0.25) is 0 Å². The Bertz CT molecular complexity index is 889. The van der Waals surface area contributed by atoms with Gasteiger partial charge in [0.15, 0.2) is 6.23 Å². The Hall–Kier alpha value is -2.92. The van der Waals surface area contributed by atoms with E-state index in [0.717, 1.165) is 35.0 Å². The van der Waals surface area contributed by atoms with Crippen molar-refractivity contribution in [1.29, 1.82) is 0 Å². The molecule has 3 aromatic rings. The summed E-state index contributed by atoms with van der Waals surface area (Å²) in [6.07, 6.45) is 4.10. The number of aromatic nitrogens is 1. The number of rotatable bonds is 6. The molecule has 0 amide bonds. The van der Waals surface area contributed by atoms with Gasteiger partial charge in [-0.2, -0.15) is 0 Å². The second kappa shape index (κ2) is 7.76. The number of anilines is 1. The molecule has 4 rings (SSSR count). The molecule has 2 aromatic carbocycles. The highest BCUT2D eigenvalue weighted by Crippen LogP contribution is 2.33. The first-order valence-electron chi connectivity index (χ1n) is 9.22. The summed E-state index contributed by atoms with van der Waals surface area (Å²) >= 11 is 0. The van der Waals surface area contributed by atoms with E-state index >= 15 is 0 Å². The van der Waals surface area contributed by atoms with Crippen molar-refractivity contribution in [2.45, 2.75) is 13.2 Å². The van der Waals surface area contributed by atoms with E-state index in [-0.39, 0.29) is 6.23 Å². The summed E-state index contributed by atoms with van der Waals surface area (Å²) in [5.74, 6) is 1.73. The standard InChI is InChI=1S/C22H24N2O3/c1-3-26-21-6-4-5-19(15-21)23-12-11-17(16-23)22-24(13-14-27-22)18-7-9-20(25-2)10-8-18/h4-12,15-16,22H,3,13-14H2,1-2H3/t22-/m1/s1. The molecule has 5 heteroatoms. The molecule has 27 heavy (non-hydrogen) atoms. The third-order valence-corrected chi connectivity index (χ3v) is 4.72. The van der Waals surface area contributed by atoms with Gasteiger partial charge in [0.1, 0.15) is 11.5 Å². The molecule has 0 spiro atoms. The van der Waals surface area contributed by atoms with E-state index < -0.39 is 0 Å². The number of benzene rings is 2. The molecular formula is C22H24N2O3. The van der Waals surface area contributed by atoms with Crippen LogP contribution in [-0.2, 0) is 4.74 Å². The molecule has 0 radical (unpaired) electrons. The monoisotopic (exact) mass is 364 g/mol. The molecule has 1 aliphatic rings. The van der Waals surface area contributed by atoms with Crippen LogP contribution in [0.4, 0.5) is 5.69 Å². The smallest absolute Gasteiger partial charge is 0.158 e. The summed E-state index contributed by atoms with van der Waals surface area (Å²) in [5.41, 5.74) is 3.33. The lowest BCUT2D eigenvalue weighted by molar-refractivity contribution is 0.114. The van der Waals surface area contributed by atoms with Crippen LogP contribution in [0.1, 0.15) is 18.7 Å². The fraction of sp³-hybridized carbons (Fsp3) is 0.273. The van der Waals surface area contributed by atoms with E-state index in [1.165, 1.54) is 0 Å². The van der Waals surface area contributed by atoms with Gasteiger partial charge in [-0.25, -0.2) is 0 Å². The second-order valence-electron chi connectivity index (χ2n) is 6.40. The largest absolute Gasteiger partial charge is 0.497 e. The minimum absolute atomic E-state index is 0.0882. The van der Waals surface area contributed by atoms with Crippen LogP contribution in [0.25, 0.3) is 5.69 Å². The lowest BCUT2D eigenvalue weighted by atomic mass is 10.2. The number of hydrogen-bond acceptors (Lipinski definition) is 4. The lowest BCUT2D eigenvalue weighted by Gasteiger charge is -2.24. The minimum atomic E-state index is -0.0882. The van der Waals surface area contributed by atoms with Gasteiger partial charge in [-0.1, -0.05) is 6.07 Å². The van der Waals surface area contributed by atoms with Crippen molar-refractivity contribution in [3.63, 3.8) is 0 Å². The van der Waals surface area contributed by atoms with E-state index in [1.807, 2.05) is 37.3 Å². The molecule has 1 fully saturated rings. The van der Waals surface area contributed by atoms with Crippen molar-refractivity contribution in [2.75, 3.05) is 31.8 Å². The highest BCUT2D eigenvalue weighted by Gasteiger charge is 2.28. The topological polar surface area (TPSA) is 35.9 Å². The first-order chi connectivity index (χ1) is 13.3. The molecule has 0 bridgehead atoms. The molecular weight excluding hydrogens is 340 g/mol. The normalized spacial score (nSPS) is 16.5. The van der Waals surface area contributed by atoms with Crippen molar-refractivity contribution in [2.24, 2.45) is 0 Å². The van der Waals surface area contributed by atoms with Crippen molar-refractivity contribution < 1.29 is 14.2 Å². The molecule has 1 atom stereocenters. The van der Waals surface area contributed by atoms with Crippen LogP contribution >= 0.6 is 0 Å². The number of nitrogens with zero attached hydrogens (tertiary/aromatic N) is 2. The van der Waals surface area contributed by atoms with Gasteiger partial charge in [-0.15, -0.1) is 0 Å². The molecule has 140 valence electrons. The average Bonchev–Trinajstić information content (AvgIpc) is 3.38. The minimum Gasteiger partial charge on any atom is -0.497 e. The Morgan fingerprint density at radius 1 is 1.04 bits per heavy atom. The van der Waals surface area contributed by atoms with Gasteiger partial charge in [0.05, 0.1) is 20.3 Å². The van der Waals surface area contributed by atoms with E-state index in [0.29, 0.717) is 13.2 Å². The summed E-state index contributed by atoms with van der Waals surface area (Å²) in [7, 11) is 1.68. The number of hydrogen-bond donors (Lipinski definition) is 0. The van der Waals surface area contributed by atoms with E-state index in [9.17, 15) is 0 Å². The second-order valence-corrected chi connectivity index (χ2v) is 6.40. The maximum Gasteiger partial charge on any atom is 0.158 e. The molecule has 1 saturated heterocycles. The molecule has 1 aliphatic heterocycles. The summed E-state index contributed by atoms with van der Waals surface area (Å²) in [5, 5.41) is 0. The summed E-state index contributed by atoms with van der Waals surface area (Å²) in [6.45, 7) is 4.22. The van der Waals surface area contributed by atoms with Crippen LogP contribution in [0, 0.1) is 0 Å². The van der Waals surface area contributed by atoms with Crippen LogP contribution in [-0.4, -0.2) is 31.4 Å². The highest BCUT2D eigenvalue weighted by molar-refractivity contribution is 5.51. The first kappa shape index (κ1) is 17.5. The first-order valence-corrected chi connectivity index (χ1v) is 9.22. The quantitative estimate of drug-likeness (QED) is 0.649. The van der Waals surface area contributed by atoms with Crippen LogP contribution in [0.5, 0.6) is 11.5 Å². The van der Waals surface area contributed by atoms with E-state index in [4.69, 9.17) is 14.2 Å². The molecule has 2 heterocycles. The molecule has 0 saturated carbocycles. The molecule has 1 aromatic heterocycles. The zero-order valence-electron chi connectivity index (χ0n) is 15.7. The average molecular weight is 364 g/mol. The Kier molecular flexibility index (Phi) is 5.03. The SMILES string of the molecule is CCOc1cccc(-n2ccc([C@H]3OCCN3c3ccc(OC)cc3)c2)c1. The maximum absolute atomic E-state index is 6.03. The van der Waals surface area contributed by atoms with Gasteiger partial charge in [0.25, 0.3) is 0 Å². The fourth-order valence-corrected chi connectivity index (χ4v) is 3.40. The van der Waals surface area contributed by atoms with Gasteiger partial charge in [-0.05, 0) is 49.4 Å². The van der Waals surface area contributed by atoms with E-state index in [1.54, 1.807) is 7.11 Å². The van der Waals surface area contributed by atoms with Gasteiger partial charge in [0, 0.05) is 41.9 Å². The Morgan fingerprint density at radius 3 is 2.67 bits per heavy atom. The molecule has 0 unspecified atom stereocenters. The predicted octanol–water partition coefficient (Wildman–Crippen LogP) is 4.42. The molecule has 0 aliphatic carbocycles. The number of methoxy groups -OCH3 is 1. The van der Waals surface area contributed by atoms with Crippen molar-refractivity contribution in [3.05, 3.63) is 72.6 Å². The van der Waals surface area contributed by atoms with Crippen LogP contribution < -0.4 is 14.4 Å². The molecule has 5 nitrogen and oxygen atoms in total. The van der Waals surface area contributed by atoms with Gasteiger partial charge < -0.3 is 23.7 Å². The maximum atomic E-state index is 6.03. The third kappa shape index (κ3) is 3.64. The van der Waals surface area contributed by atoms with Crippen molar-refractivity contribution >= 4 is 5.69 Å². The van der Waals surface area contributed by atoms with E-state index in [2.05, 4.69) is 46.1 Å². The van der Waals surface area contributed by atoms with Gasteiger partial charge in [0.2, 0.25) is 0 Å². The third-order valence-electron chi connectivity index (χ3n) is 4.72. The zero-order valence-corrected chi connectivity index (χ0v) is 15.7. The van der Waals surface area contributed by atoms with Crippen LogP contribution in [0.2, 0.25) is 0 Å². The lowest BCUT2D eigenvalue weighted by Crippen LogP contribution is -2.22. The zero-order chi connectivity index (χ0) is 18.6. The Balaban J connectivity index is 1.57. The van der Waals surface area contributed by atoms with Crippen LogP contribution in [0.15, 0.2) is 67.0 Å². The molecule has 0 N–H and O–H groups in total.